The quantitative estimate of drug-likeness (QED) is 0.557. The van der Waals surface area contributed by atoms with Gasteiger partial charge in [0.25, 0.3) is 0 Å². The second-order valence-electron chi connectivity index (χ2n) is 4.67. The molecular formula is C10H14F6. The molecule has 0 N–H and O–H groups in total. The maximum absolute atomic E-state index is 12.6. The van der Waals surface area contributed by atoms with Crippen LogP contribution in [0.5, 0.6) is 0 Å². The van der Waals surface area contributed by atoms with Crippen LogP contribution in [0.1, 0.15) is 26.7 Å². The molecule has 96 valence electrons. The van der Waals surface area contributed by atoms with Crippen molar-refractivity contribution in [2.24, 2.45) is 23.7 Å². The first kappa shape index (κ1) is 13.6. The van der Waals surface area contributed by atoms with Crippen LogP contribution in [0.15, 0.2) is 0 Å². The Morgan fingerprint density at radius 2 is 0.938 bits per heavy atom. The Morgan fingerprint density at radius 1 is 0.688 bits per heavy atom. The van der Waals surface area contributed by atoms with E-state index in [0.717, 1.165) is 0 Å². The van der Waals surface area contributed by atoms with Gasteiger partial charge in [0, 0.05) is 0 Å². The van der Waals surface area contributed by atoms with E-state index in [4.69, 9.17) is 0 Å². The molecule has 0 radical (unpaired) electrons. The maximum atomic E-state index is 12.6. The number of halogens is 6. The number of hydrogen-bond acceptors (Lipinski definition) is 0. The molecule has 0 bridgehead atoms. The van der Waals surface area contributed by atoms with Crippen molar-refractivity contribution in [2.45, 2.75) is 39.0 Å². The van der Waals surface area contributed by atoms with E-state index in [1.54, 1.807) is 0 Å². The van der Waals surface area contributed by atoms with E-state index < -0.39 is 36.0 Å². The predicted molar refractivity (Wildman–Crippen MR) is 46.7 cm³/mol. The van der Waals surface area contributed by atoms with Crippen LogP contribution in [-0.4, -0.2) is 12.4 Å². The molecule has 0 nitrogen and oxygen atoms in total. The molecule has 0 heterocycles. The Hall–Kier alpha value is -0.420. The van der Waals surface area contributed by atoms with Gasteiger partial charge in [-0.15, -0.1) is 0 Å². The summed E-state index contributed by atoms with van der Waals surface area (Å²) in [5, 5.41) is 0. The van der Waals surface area contributed by atoms with Crippen LogP contribution < -0.4 is 0 Å². The number of alkyl halides is 6. The molecule has 4 atom stereocenters. The van der Waals surface area contributed by atoms with Crippen molar-refractivity contribution in [2.75, 3.05) is 0 Å². The Labute approximate surface area is 90.0 Å². The summed E-state index contributed by atoms with van der Waals surface area (Å²) < 4.78 is 75.9. The average Bonchev–Trinajstić information content (AvgIpc) is 2.04. The van der Waals surface area contributed by atoms with E-state index in [9.17, 15) is 26.3 Å². The standard InChI is InChI=1S/C10H14F6/c1-5-3-4-6(2)8(10(14,15)16)7(5)9(11,12)13/h5-8H,3-4H2,1-2H3. The van der Waals surface area contributed by atoms with Crippen LogP contribution in [0, 0.1) is 23.7 Å². The van der Waals surface area contributed by atoms with Gasteiger partial charge in [-0.05, 0) is 24.7 Å². The zero-order chi connectivity index (χ0) is 12.7. The van der Waals surface area contributed by atoms with Crippen molar-refractivity contribution in [3.63, 3.8) is 0 Å². The van der Waals surface area contributed by atoms with Gasteiger partial charge in [-0.1, -0.05) is 13.8 Å². The smallest absolute Gasteiger partial charge is 0.171 e. The lowest BCUT2D eigenvalue weighted by atomic mass is 9.67. The summed E-state index contributed by atoms with van der Waals surface area (Å²) in [5.41, 5.74) is 0. The van der Waals surface area contributed by atoms with Crippen molar-refractivity contribution in [1.82, 2.24) is 0 Å². The van der Waals surface area contributed by atoms with E-state index >= 15 is 0 Å². The molecule has 1 aliphatic carbocycles. The second kappa shape index (κ2) is 4.11. The topological polar surface area (TPSA) is 0 Å². The Bertz CT molecular complexity index is 215. The fourth-order valence-corrected chi connectivity index (χ4v) is 2.65. The molecule has 0 amide bonds. The van der Waals surface area contributed by atoms with Crippen molar-refractivity contribution in [3.05, 3.63) is 0 Å². The molecule has 0 aliphatic heterocycles. The van der Waals surface area contributed by atoms with Gasteiger partial charge in [0.2, 0.25) is 0 Å². The van der Waals surface area contributed by atoms with Gasteiger partial charge in [-0.2, -0.15) is 26.3 Å². The van der Waals surface area contributed by atoms with Crippen LogP contribution in [0.25, 0.3) is 0 Å². The van der Waals surface area contributed by atoms with E-state index in [1.165, 1.54) is 13.8 Å². The molecule has 4 unspecified atom stereocenters. The summed E-state index contributed by atoms with van der Waals surface area (Å²) in [6.07, 6.45) is -9.13. The first-order valence-electron chi connectivity index (χ1n) is 5.18. The lowest BCUT2D eigenvalue weighted by molar-refractivity contribution is -0.283. The number of rotatable bonds is 0. The normalized spacial score (nSPS) is 37.5. The summed E-state index contributed by atoms with van der Waals surface area (Å²) in [5.74, 6) is -6.42. The van der Waals surface area contributed by atoms with E-state index in [0.29, 0.717) is 0 Å². The Balaban J connectivity index is 3.05. The fraction of sp³-hybridized carbons (Fsp3) is 1.00. The molecule has 1 saturated carbocycles. The zero-order valence-corrected chi connectivity index (χ0v) is 8.99. The highest BCUT2D eigenvalue weighted by molar-refractivity contribution is 4.91. The lowest BCUT2D eigenvalue weighted by Crippen LogP contribution is -2.48. The summed E-state index contributed by atoms with van der Waals surface area (Å²) in [6.45, 7) is 2.51. The van der Waals surface area contributed by atoms with Gasteiger partial charge in [-0.25, -0.2) is 0 Å². The highest BCUT2D eigenvalue weighted by atomic mass is 19.4. The summed E-state index contributed by atoms with van der Waals surface area (Å²) in [4.78, 5) is 0. The monoisotopic (exact) mass is 248 g/mol. The summed E-state index contributed by atoms with van der Waals surface area (Å²) in [6, 6.07) is 0. The molecule has 0 aromatic heterocycles. The van der Waals surface area contributed by atoms with Gasteiger partial charge in [0.15, 0.2) is 0 Å². The van der Waals surface area contributed by atoms with Gasteiger partial charge in [-0.3, -0.25) is 0 Å². The highest BCUT2D eigenvalue weighted by Crippen LogP contribution is 2.52. The summed E-state index contributed by atoms with van der Waals surface area (Å²) in [7, 11) is 0. The third-order valence-electron chi connectivity index (χ3n) is 3.45. The largest absolute Gasteiger partial charge is 0.392 e. The van der Waals surface area contributed by atoms with Crippen molar-refractivity contribution < 1.29 is 26.3 Å². The molecule has 0 saturated heterocycles. The fourth-order valence-electron chi connectivity index (χ4n) is 2.65. The molecule has 1 rings (SSSR count). The molecule has 1 fully saturated rings. The molecule has 1 aliphatic rings. The average molecular weight is 248 g/mol. The van der Waals surface area contributed by atoms with Crippen LogP contribution in [0.2, 0.25) is 0 Å². The van der Waals surface area contributed by atoms with Gasteiger partial charge in [0.1, 0.15) is 0 Å². The second-order valence-corrected chi connectivity index (χ2v) is 4.67. The van der Waals surface area contributed by atoms with Crippen molar-refractivity contribution in [3.8, 4) is 0 Å². The molecule has 6 heteroatoms. The third kappa shape index (κ3) is 2.63. The SMILES string of the molecule is CC1CCC(C)C(C(F)(F)F)C1C(F)(F)F. The Morgan fingerprint density at radius 3 is 1.12 bits per heavy atom. The molecular weight excluding hydrogens is 234 g/mol. The van der Waals surface area contributed by atoms with E-state index in [1.807, 2.05) is 0 Å². The maximum Gasteiger partial charge on any atom is 0.392 e. The summed E-state index contributed by atoms with van der Waals surface area (Å²) >= 11 is 0. The van der Waals surface area contributed by atoms with Crippen LogP contribution in [0.4, 0.5) is 26.3 Å². The molecule has 0 aromatic rings. The minimum atomic E-state index is -4.77. The van der Waals surface area contributed by atoms with E-state index in [-0.39, 0.29) is 12.8 Å². The van der Waals surface area contributed by atoms with Gasteiger partial charge in [0.05, 0.1) is 11.8 Å². The predicted octanol–water partition coefficient (Wildman–Crippen LogP) is 4.41. The Kier molecular flexibility index (Phi) is 3.50. The van der Waals surface area contributed by atoms with Crippen LogP contribution in [-0.2, 0) is 0 Å². The zero-order valence-electron chi connectivity index (χ0n) is 8.99. The number of hydrogen-bond donors (Lipinski definition) is 0. The molecule has 0 spiro atoms. The first-order chi connectivity index (χ1) is 7.05. The minimum absolute atomic E-state index is 0.206. The molecule has 16 heavy (non-hydrogen) atoms. The van der Waals surface area contributed by atoms with Crippen LogP contribution >= 0.6 is 0 Å². The molecule has 0 aromatic carbocycles. The first-order valence-corrected chi connectivity index (χ1v) is 5.18. The lowest BCUT2D eigenvalue weighted by Gasteiger charge is -2.42. The highest BCUT2D eigenvalue weighted by Gasteiger charge is 2.60. The van der Waals surface area contributed by atoms with E-state index in [2.05, 4.69) is 0 Å². The van der Waals surface area contributed by atoms with Crippen molar-refractivity contribution in [1.29, 1.82) is 0 Å². The van der Waals surface area contributed by atoms with Gasteiger partial charge >= 0.3 is 12.4 Å². The van der Waals surface area contributed by atoms with Crippen LogP contribution in [0.3, 0.4) is 0 Å². The van der Waals surface area contributed by atoms with Crippen molar-refractivity contribution >= 4 is 0 Å². The van der Waals surface area contributed by atoms with Gasteiger partial charge < -0.3 is 0 Å². The minimum Gasteiger partial charge on any atom is -0.171 e. The third-order valence-corrected chi connectivity index (χ3v) is 3.45.